The van der Waals surface area contributed by atoms with E-state index in [2.05, 4.69) is 5.32 Å². The number of hydrogen-bond donors (Lipinski definition) is 1. The molecule has 0 saturated carbocycles. The van der Waals surface area contributed by atoms with Gasteiger partial charge in [0.1, 0.15) is 23.3 Å². The quantitative estimate of drug-likeness (QED) is 0.492. The van der Waals surface area contributed by atoms with Gasteiger partial charge in [0.05, 0.1) is 24.3 Å². The first-order valence-electron chi connectivity index (χ1n) is 10.5. The van der Waals surface area contributed by atoms with E-state index in [4.69, 9.17) is 37.4 Å². The Kier molecular flexibility index (Phi) is 10.1. The summed E-state index contributed by atoms with van der Waals surface area (Å²) in [6, 6.07) is 9.37. The van der Waals surface area contributed by atoms with E-state index in [-0.39, 0.29) is 30.9 Å². The number of methoxy groups -OCH3 is 2. The van der Waals surface area contributed by atoms with E-state index in [0.29, 0.717) is 33.8 Å². The molecule has 0 spiro atoms. The third-order valence-corrected chi connectivity index (χ3v) is 5.62. The van der Waals surface area contributed by atoms with Crippen LogP contribution in [0.1, 0.15) is 26.3 Å². The zero-order valence-corrected chi connectivity index (χ0v) is 21.0. The summed E-state index contributed by atoms with van der Waals surface area (Å²) in [5, 5.41) is 3.66. The minimum atomic E-state index is -0.728. The standard InChI is InChI=1S/C24H30Cl2N2O5/c1-15(2)12-27-24(30)16(3)28(13-17-6-7-21(25)22(26)8-17)23(29)14-33-20-10-18(31-4)9-19(11-20)32-5/h6-11,15-16H,12-14H2,1-5H3,(H,27,30)/t16-/m0/s1. The van der Waals surface area contributed by atoms with Crippen molar-refractivity contribution in [3.05, 3.63) is 52.0 Å². The van der Waals surface area contributed by atoms with Crippen molar-refractivity contribution in [3.63, 3.8) is 0 Å². The number of carbonyl (C=O) groups is 2. The second kappa shape index (κ2) is 12.6. The molecule has 0 bridgehead atoms. The molecule has 33 heavy (non-hydrogen) atoms. The lowest BCUT2D eigenvalue weighted by atomic mass is 10.1. The van der Waals surface area contributed by atoms with Crippen molar-refractivity contribution in [2.45, 2.75) is 33.4 Å². The van der Waals surface area contributed by atoms with Gasteiger partial charge in [0.15, 0.2) is 6.61 Å². The summed E-state index contributed by atoms with van der Waals surface area (Å²) < 4.78 is 16.2. The summed E-state index contributed by atoms with van der Waals surface area (Å²) in [4.78, 5) is 27.3. The van der Waals surface area contributed by atoms with Crippen LogP contribution < -0.4 is 19.5 Å². The first-order chi connectivity index (χ1) is 15.6. The Bertz CT molecular complexity index is 946. The van der Waals surface area contributed by atoms with Crippen molar-refractivity contribution in [3.8, 4) is 17.2 Å². The lowest BCUT2D eigenvalue weighted by Gasteiger charge is -2.29. The molecule has 0 aliphatic heterocycles. The second-order valence-electron chi connectivity index (χ2n) is 7.92. The van der Waals surface area contributed by atoms with Gasteiger partial charge in [-0.2, -0.15) is 0 Å². The fraction of sp³-hybridized carbons (Fsp3) is 0.417. The van der Waals surface area contributed by atoms with Crippen molar-refractivity contribution >= 4 is 35.0 Å². The van der Waals surface area contributed by atoms with Crippen LogP contribution in [0, 0.1) is 5.92 Å². The molecule has 2 aromatic carbocycles. The molecular weight excluding hydrogens is 467 g/mol. The van der Waals surface area contributed by atoms with Crippen LogP contribution in [0.4, 0.5) is 0 Å². The number of hydrogen-bond acceptors (Lipinski definition) is 5. The predicted octanol–water partition coefficient (Wildman–Crippen LogP) is 4.58. The molecule has 0 heterocycles. The van der Waals surface area contributed by atoms with Gasteiger partial charge in [-0.25, -0.2) is 0 Å². The van der Waals surface area contributed by atoms with Gasteiger partial charge in [-0.05, 0) is 30.5 Å². The number of carbonyl (C=O) groups excluding carboxylic acids is 2. The smallest absolute Gasteiger partial charge is 0.261 e. The Hall–Kier alpha value is -2.64. The van der Waals surface area contributed by atoms with Crippen molar-refractivity contribution in [1.82, 2.24) is 10.2 Å². The van der Waals surface area contributed by atoms with Gasteiger partial charge in [-0.15, -0.1) is 0 Å². The number of nitrogens with one attached hydrogen (secondary N) is 1. The number of nitrogens with zero attached hydrogens (tertiary/aromatic N) is 1. The summed E-state index contributed by atoms with van der Waals surface area (Å²) in [5.74, 6) is 1.14. The molecule has 9 heteroatoms. The SMILES string of the molecule is COc1cc(OC)cc(OCC(=O)N(Cc2ccc(Cl)c(Cl)c2)[C@@H](C)C(=O)NCC(C)C)c1. The first kappa shape index (κ1) is 26.6. The van der Waals surface area contributed by atoms with E-state index in [1.807, 2.05) is 13.8 Å². The number of benzene rings is 2. The summed E-state index contributed by atoms with van der Waals surface area (Å²) in [6.45, 7) is 6.08. The van der Waals surface area contributed by atoms with Crippen LogP contribution >= 0.6 is 23.2 Å². The number of amides is 2. The van der Waals surface area contributed by atoms with E-state index in [1.165, 1.54) is 19.1 Å². The lowest BCUT2D eigenvalue weighted by molar-refractivity contribution is -0.142. The third kappa shape index (κ3) is 8.02. The zero-order valence-electron chi connectivity index (χ0n) is 19.5. The minimum absolute atomic E-state index is 0.163. The van der Waals surface area contributed by atoms with Crippen LogP contribution in [0.15, 0.2) is 36.4 Å². The van der Waals surface area contributed by atoms with E-state index in [0.717, 1.165) is 5.56 Å². The molecule has 7 nitrogen and oxygen atoms in total. The van der Waals surface area contributed by atoms with E-state index in [9.17, 15) is 9.59 Å². The highest BCUT2D eigenvalue weighted by atomic mass is 35.5. The Morgan fingerprint density at radius 1 is 0.939 bits per heavy atom. The monoisotopic (exact) mass is 496 g/mol. The summed E-state index contributed by atoms with van der Waals surface area (Å²) in [7, 11) is 3.06. The van der Waals surface area contributed by atoms with Crippen LogP contribution in [0.25, 0.3) is 0 Å². The lowest BCUT2D eigenvalue weighted by Crippen LogP contribution is -2.49. The molecule has 0 aliphatic rings. The molecule has 2 aromatic rings. The molecule has 180 valence electrons. The maximum atomic E-state index is 13.2. The molecule has 0 fully saturated rings. The highest BCUT2D eigenvalue weighted by molar-refractivity contribution is 6.42. The predicted molar refractivity (Wildman–Crippen MR) is 129 cm³/mol. The van der Waals surface area contributed by atoms with Crippen LogP contribution in [0.2, 0.25) is 10.0 Å². The van der Waals surface area contributed by atoms with Crippen LogP contribution in [0.3, 0.4) is 0 Å². The minimum Gasteiger partial charge on any atom is -0.496 e. The summed E-state index contributed by atoms with van der Waals surface area (Å²) in [6.07, 6.45) is 0. The number of rotatable bonds is 11. The number of halogens is 2. The average molecular weight is 497 g/mol. The third-order valence-electron chi connectivity index (χ3n) is 4.88. The number of ether oxygens (including phenoxy) is 3. The van der Waals surface area contributed by atoms with Crippen molar-refractivity contribution in [2.24, 2.45) is 5.92 Å². The van der Waals surface area contributed by atoms with E-state index < -0.39 is 6.04 Å². The molecule has 2 rings (SSSR count). The Morgan fingerprint density at radius 3 is 2.09 bits per heavy atom. The van der Waals surface area contributed by atoms with Gasteiger partial charge in [-0.3, -0.25) is 9.59 Å². The molecule has 1 atom stereocenters. The highest BCUT2D eigenvalue weighted by Crippen LogP contribution is 2.28. The second-order valence-corrected chi connectivity index (χ2v) is 8.74. The maximum absolute atomic E-state index is 13.2. The van der Waals surface area contributed by atoms with Gasteiger partial charge >= 0.3 is 0 Å². The van der Waals surface area contributed by atoms with E-state index >= 15 is 0 Å². The molecule has 0 unspecified atom stereocenters. The van der Waals surface area contributed by atoms with Gasteiger partial charge < -0.3 is 24.4 Å². The summed E-state index contributed by atoms with van der Waals surface area (Å²) >= 11 is 12.2. The van der Waals surface area contributed by atoms with Crippen molar-refractivity contribution in [2.75, 3.05) is 27.4 Å². The Labute approximate surface area is 204 Å². The highest BCUT2D eigenvalue weighted by Gasteiger charge is 2.27. The van der Waals surface area contributed by atoms with Crippen molar-refractivity contribution < 1.29 is 23.8 Å². The Balaban J connectivity index is 2.21. The molecule has 0 saturated heterocycles. The molecular formula is C24H30Cl2N2O5. The Morgan fingerprint density at radius 2 is 1.55 bits per heavy atom. The maximum Gasteiger partial charge on any atom is 0.261 e. The molecule has 0 aliphatic carbocycles. The van der Waals surface area contributed by atoms with E-state index in [1.54, 1.807) is 43.3 Å². The molecule has 0 radical (unpaired) electrons. The van der Waals surface area contributed by atoms with Gasteiger partial charge in [0.2, 0.25) is 5.91 Å². The van der Waals surface area contributed by atoms with Crippen LogP contribution in [0.5, 0.6) is 17.2 Å². The van der Waals surface area contributed by atoms with Crippen LogP contribution in [-0.4, -0.2) is 50.1 Å². The molecule has 2 amide bonds. The molecule has 0 aromatic heterocycles. The van der Waals surface area contributed by atoms with Gasteiger partial charge in [-0.1, -0.05) is 43.1 Å². The topological polar surface area (TPSA) is 77.1 Å². The van der Waals surface area contributed by atoms with Crippen LogP contribution in [-0.2, 0) is 16.1 Å². The largest absolute Gasteiger partial charge is 0.496 e. The van der Waals surface area contributed by atoms with Gasteiger partial charge in [0.25, 0.3) is 5.91 Å². The first-order valence-corrected chi connectivity index (χ1v) is 11.3. The zero-order chi connectivity index (χ0) is 24.5. The fourth-order valence-corrected chi connectivity index (χ4v) is 3.28. The van der Waals surface area contributed by atoms with Gasteiger partial charge in [0, 0.05) is 31.3 Å². The van der Waals surface area contributed by atoms with Crippen molar-refractivity contribution in [1.29, 1.82) is 0 Å². The average Bonchev–Trinajstić information content (AvgIpc) is 2.80. The normalized spacial score (nSPS) is 11.6. The fourth-order valence-electron chi connectivity index (χ4n) is 2.96. The summed E-state index contributed by atoms with van der Waals surface area (Å²) in [5.41, 5.74) is 0.740. The molecule has 1 N–H and O–H groups in total.